The van der Waals surface area contributed by atoms with Gasteiger partial charge in [0, 0.05) is 23.5 Å². The number of aromatic nitrogens is 1. The van der Waals surface area contributed by atoms with Gasteiger partial charge < -0.3 is 24.5 Å². The number of nitrogens with two attached hydrogens (primary N) is 1. The molecule has 0 aliphatic carbocycles. The maximum atomic E-state index is 12.6. The first-order valence-electron chi connectivity index (χ1n) is 11.1. The molecule has 0 unspecified atom stereocenters. The molecule has 0 aliphatic heterocycles. The zero-order chi connectivity index (χ0) is 25.5. The smallest absolute Gasteiger partial charge is 0.305 e. The summed E-state index contributed by atoms with van der Waals surface area (Å²) in [6, 6.07) is 14.8. The molecular formula is C27H29N3O5. The highest BCUT2D eigenvalue weighted by atomic mass is 16.5. The quantitative estimate of drug-likeness (QED) is 0.446. The summed E-state index contributed by atoms with van der Waals surface area (Å²) in [4.78, 5) is 24.5. The molecule has 0 atom stereocenters. The summed E-state index contributed by atoms with van der Waals surface area (Å²) >= 11 is 0. The van der Waals surface area contributed by atoms with Crippen molar-refractivity contribution < 1.29 is 23.8 Å². The van der Waals surface area contributed by atoms with E-state index >= 15 is 0 Å². The van der Waals surface area contributed by atoms with Gasteiger partial charge in [-0.05, 0) is 55.2 Å². The Morgan fingerprint density at radius 3 is 2.26 bits per heavy atom. The van der Waals surface area contributed by atoms with Crippen LogP contribution in [0.2, 0.25) is 0 Å². The first-order chi connectivity index (χ1) is 16.8. The Balaban J connectivity index is 2.09. The van der Waals surface area contributed by atoms with Gasteiger partial charge in [-0.25, -0.2) is 0 Å². The highest BCUT2D eigenvalue weighted by molar-refractivity contribution is 6.02. The number of carbonyl (C=O) groups excluding carboxylic acids is 2. The number of hydrogen-bond acceptors (Lipinski definition) is 6. The predicted molar refractivity (Wildman–Crippen MR) is 131 cm³/mol. The van der Waals surface area contributed by atoms with Crippen molar-refractivity contribution >= 4 is 11.9 Å². The molecule has 8 heteroatoms. The second-order valence-corrected chi connectivity index (χ2v) is 8.00. The van der Waals surface area contributed by atoms with Gasteiger partial charge in [0.2, 0.25) is 0 Å². The fraction of sp³-hybridized carbons (Fsp3) is 0.296. The van der Waals surface area contributed by atoms with Gasteiger partial charge in [-0.1, -0.05) is 18.2 Å². The van der Waals surface area contributed by atoms with Crippen molar-refractivity contribution in [3.8, 4) is 28.7 Å². The molecule has 2 N–H and O–H groups in total. The summed E-state index contributed by atoms with van der Waals surface area (Å²) < 4.78 is 17.6. The van der Waals surface area contributed by atoms with Crippen molar-refractivity contribution in [2.45, 2.75) is 32.7 Å². The van der Waals surface area contributed by atoms with Gasteiger partial charge >= 0.3 is 5.97 Å². The Morgan fingerprint density at radius 1 is 1.00 bits per heavy atom. The van der Waals surface area contributed by atoms with Gasteiger partial charge in [0.05, 0.1) is 44.9 Å². The summed E-state index contributed by atoms with van der Waals surface area (Å²) in [7, 11) is 4.52. The van der Waals surface area contributed by atoms with Gasteiger partial charge in [0.15, 0.2) is 11.5 Å². The molecule has 0 radical (unpaired) electrons. The molecule has 182 valence electrons. The standard InChI is InChI=1S/C27H29N3O5/c1-17-25(27(29)32)26(20-8-5-19(16-28)6-9-20)21(10-12-24(31)35-4)30(17)14-13-18-7-11-22(33-2)23(15-18)34-3/h5-9,11,15H,10,12-14H2,1-4H3,(H2,29,32). The number of benzene rings is 2. The van der Waals surface area contributed by atoms with Gasteiger partial charge in [0.1, 0.15) is 0 Å². The van der Waals surface area contributed by atoms with Crippen LogP contribution in [0.3, 0.4) is 0 Å². The fourth-order valence-electron chi connectivity index (χ4n) is 4.28. The predicted octanol–water partition coefficient (Wildman–Crippen LogP) is 3.80. The average Bonchev–Trinajstić information content (AvgIpc) is 3.16. The number of aryl methyl sites for hydroxylation is 1. The van der Waals surface area contributed by atoms with Crippen molar-refractivity contribution in [3.05, 3.63) is 70.5 Å². The van der Waals surface area contributed by atoms with E-state index in [-0.39, 0.29) is 12.4 Å². The summed E-state index contributed by atoms with van der Waals surface area (Å²) in [5, 5.41) is 9.17. The Bertz CT molecular complexity index is 1270. The molecule has 0 saturated heterocycles. The van der Waals surface area contributed by atoms with E-state index in [0.29, 0.717) is 47.6 Å². The van der Waals surface area contributed by atoms with Crippen LogP contribution in [-0.2, 0) is 28.9 Å². The van der Waals surface area contributed by atoms with Crippen LogP contribution in [0.25, 0.3) is 11.1 Å². The van der Waals surface area contributed by atoms with Crippen molar-refractivity contribution in [3.63, 3.8) is 0 Å². The second-order valence-electron chi connectivity index (χ2n) is 8.00. The molecule has 35 heavy (non-hydrogen) atoms. The number of nitriles is 1. The number of rotatable bonds is 10. The van der Waals surface area contributed by atoms with E-state index in [1.807, 2.05) is 29.7 Å². The third-order valence-corrected chi connectivity index (χ3v) is 6.05. The molecule has 0 spiro atoms. The monoisotopic (exact) mass is 475 g/mol. The fourth-order valence-corrected chi connectivity index (χ4v) is 4.28. The van der Waals surface area contributed by atoms with Crippen molar-refractivity contribution in [2.75, 3.05) is 21.3 Å². The molecule has 3 aromatic rings. The molecular weight excluding hydrogens is 446 g/mol. The number of hydrogen-bond donors (Lipinski definition) is 1. The van der Waals surface area contributed by atoms with Crippen LogP contribution in [0.15, 0.2) is 42.5 Å². The molecule has 8 nitrogen and oxygen atoms in total. The van der Waals surface area contributed by atoms with E-state index in [9.17, 15) is 9.59 Å². The van der Waals surface area contributed by atoms with Crippen LogP contribution in [0.5, 0.6) is 11.5 Å². The second kappa shape index (κ2) is 11.3. The summed E-state index contributed by atoms with van der Waals surface area (Å²) in [5.74, 6) is 0.384. The van der Waals surface area contributed by atoms with Crippen LogP contribution in [-0.4, -0.2) is 37.8 Å². The molecule has 1 aromatic heterocycles. The molecule has 0 aliphatic rings. The van der Waals surface area contributed by atoms with Crippen molar-refractivity contribution in [2.24, 2.45) is 5.73 Å². The number of primary amides is 1. The van der Waals surface area contributed by atoms with E-state index in [2.05, 4.69) is 6.07 Å². The molecule has 0 fully saturated rings. The Labute approximate surface area is 204 Å². The van der Waals surface area contributed by atoms with Crippen molar-refractivity contribution in [1.82, 2.24) is 4.57 Å². The molecule has 1 heterocycles. The van der Waals surface area contributed by atoms with Crippen LogP contribution < -0.4 is 15.2 Å². The first-order valence-corrected chi connectivity index (χ1v) is 11.1. The lowest BCUT2D eigenvalue weighted by atomic mass is 9.97. The zero-order valence-electron chi connectivity index (χ0n) is 20.4. The molecule has 0 bridgehead atoms. The minimum atomic E-state index is -0.550. The maximum Gasteiger partial charge on any atom is 0.305 e. The summed E-state index contributed by atoms with van der Waals surface area (Å²) in [5.41, 5.74) is 10.7. The van der Waals surface area contributed by atoms with E-state index in [0.717, 1.165) is 22.5 Å². The molecule has 3 rings (SSSR count). The highest BCUT2D eigenvalue weighted by Crippen LogP contribution is 2.35. The van der Waals surface area contributed by atoms with Crippen LogP contribution in [0.1, 0.15) is 39.3 Å². The molecule has 1 amide bonds. The molecule has 0 saturated carbocycles. The van der Waals surface area contributed by atoms with E-state index in [4.69, 9.17) is 25.2 Å². The zero-order valence-corrected chi connectivity index (χ0v) is 20.4. The Morgan fingerprint density at radius 2 is 1.69 bits per heavy atom. The molecule has 2 aromatic carbocycles. The third-order valence-electron chi connectivity index (χ3n) is 6.05. The number of nitrogens with zero attached hydrogens (tertiary/aromatic N) is 2. The normalized spacial score (nSPS) is 10.5. The van der Waals surface area contributed by atoms with Gasteiger partial charge in [-0.2, -0.15) is 5.26 Å². The lowest BCUT2D eigenvalue weighted by molar-refractivity contribution is -0.140. The number of amides is 1. The average molecular weight is 476 g/mol. The number of carbonyl (C=O) groups is 2. The van der Waals surface area contributed by atoms with Crippen LogP contribution >= 0.6 is 0 Å². The topological polar surface area (TPSA) is 117 Å². The summed E-state index contributed by atoms with van der Waals surface area (Å²) in [6.45, 7) is 2.40. The maximum absolute atomic E-state index is 12.6. The third kappa shape index (κ3) is 5.46. The Kier molecular flexibility index (Phi) is 8.16. The lowest BCUT2D eigenvalue weighted by Gasteiger charge is -2.14. The largest absolute Gasteiger partial charge is 0.493 e. The minimum absolute atomic E-state index is 0.151. The van der Waals surface area contributed by atoms with Crippen molar-refractivity contribution in [1.29, 1.82) is 5.26 Å². The SMILES string of the molecule is COC(=O)CCc1c(-c2ccc(C#N)cc2)c(C(N)=O)c(C)n1CCc1ccc(OC)c(OC)c1. The van der Waals surface area contributed by atoms with Gasteiger partial charge in [-0.3, -0.25) is 9.59 Å². The Hall–Kier alpha value is -4.25. The number of methoxy groups -OCH3 is 3. The lowest BCUT2D eigenvalue weighted by Crippen LogP contribution is -2.14. The number of esters is 1. The van der Waals surface area contributed by atoms with E-state index in [1.165, 1.54) is 7.11 Å². The summed E-state index contributed by atoms with van der Waals surface area (Å²) in [6.07, 6.45) is 1.16. The minimum Gasteiger partial charge on any atom is -0.493 e. The number of ether oxygens (including phenoxy) is 3. The van der Waals surface area contributed by atoms with E-state index < -0.39 is 5.91 Å². The first kappa shape index (κ1) is 25.4. The van der Waals surface area contributed by atoms with Gasteiger partial charge in [-0.15, -0.1) is 0 Å². The van der Waals surface area contributed by atoms with Crippen LogP contribution in [0, 0.1) is 18.3 Å². The van der Waals surface area contributed by atoms with E-state index in [1.54, 1.807) is 38.5 Å². The van der Waals surface area contributed by atoms with Gasteiger partial charge in [0.25, 0.3) is 5.91 Å². The highest BCUT2D eigenvalue weighted by Gasteiger charge is 2.25. The van der Waals surface area contributed by atoms with Crippen LogP contribution in [0.4, 0.5) is 0 Å².